The second-order valence-electron chi connectivity index (χ2n) is 4.92. The summed E-state index contributed by atoms with van der Waals surface area (Å²) in [5, 5.41) is 21.6. The minimum atomic E-state index is -1.08. The molecule has 0 spiro atoms. The van der Waals surface area contributed by atoms with Crippen molar-refractivity contribution in [2.75, 3.05) is 0 Å². The van der Waals surface area contributed by atoms with Gasteiger partial charge in [-0.3, -0.25) is 4.68 Å². The van der Waals surface area contributed by atoms with Gasteiger partial charge in [-0.05, 0) is 12.8 Å². The molecule has 0 fully saturated rings. The van der Waals surface area contributed by atoms with Crippen LogP contribution < -0.4 is 0 Å². The summed E-state index contributed by atoms with van der Waals surface area (Å²) in [6, 6.07) is 0. The lowest BCUT2D eigenvalue weighted by molar-refractivity contribution is 0.0688. The number of nitrogens with zero attached hydrogens (tertiary/aromatic N) is 5. The third-order valence-electron chi connectivity index (χ3n) is 3.10. The summed E-state index contributed by atoms with van der Waals surface area (Å²) in [5.41, 5.74) is 2.17. The molecule has 108 valence electrons. The molecule has 2 heterocycles. The van der Waals surface area contributed by atoms with E-state index < -0.39 is 5.97 Å². The Labute approximate surface area is 121 Å². The monoisotopic (exact) mass is 297 g/mol. The molecular formula is C12H16ClN5O2. The van der Waals surface area contributed by atoms with Crippen LogP contribution in [-0.4, -0.2) is 35.9 Å². The van der Waals surface area contributed by atoms with Gasteiger partial charge in [0.25, 0.3) is 0 Å². The number of aryl methyl sites for hydroxylation is 2. The van der Waals surface area contributed by atoms with Gasteiger partial charge in [0.05, 0.1) is 17.9 Å². The molecule has 0 saturated carbocycles. The molecule has 0 saturated heterocycles. The van der Waals surface area contributed by atoms with Crippen molar-refractivity contribution >= 4 is 17.6 Å². The topological polar surface area (TPSA) is 85.8 Å². The van der Waals surface area contributed by atoms with E-state index in [1.807, 2.05) is 20.8 Å². The zero-order valence-corrected chi connectivity index (χ0v) is 12.5. The number of carboxylic acid groups (broad SMARTS) is 1. The largest absolute Gasteiger partial charge is 0.476 e. The van der Waals surface area contributed by atoms with Gasteiger partial charge >= 0.3 is 5.97 Å². The van der Waals surface area contributed by atoms with Crippen molar-refractivity contribution in [2.45, 2.75) is 33.2 Å². The molecule has 0 aliphatic heterocycles. The predicted octanol–water partition coefficient (Wildman–Crippen LogP) is 1.84. The Kier molecular flexibility index (Phi) is 3.80. The molecular weight excluding hydrogens is 282 g/mol. The van der Waals surface area contributed by atoms with E-state index in [2.05, 4.69) is 15.4 Å². The number of aromatic carboxylic acids is 1. The maximum Gasteiger partial charge on any atom is 0.358 e. The summed E-state index contributed by atoms with van der Waals surface area (Å²) >= 11 is 6.19. The van der Waals surface area contributed by atoms with E-state index in [4.69, 9.17) is 16.7 Å². The van der Waals surface area contributed by atoms with Crippen LogP contribution >= 0.6 is 11.6 Å². The number of hydrogen-bond donors (Lipinski definition) is 1. The molecule has 20 heavy (non-hydrogen) atoms. The molecule has 0 bridgehead atoms. The summed E-state index contributed by atoms with van der Waals surface area (Å²) in [5.74, 6) is -1.08. The lowest BCUT2D eigenvalue weighted by Gasteiger charge is -2.09. The van der Waals surface area contributed by atoms with Gasteiger partial charge in [-0.25, -0.2) is 9.48 Å². The lowest BCUT2D eigenvalue weighted by Crippen LogP contribution is -2.11. The first-order chi connectivity index (χ1) is 9.32. The van der Waals surface area contributed by atoms with Crippen molar-refractivity contribution < 1.29 is 9.90 Å². The van der Waals surface area contributed by atoms with Gasteiger partial charge in [0.2, 0.25) is 0 Å². The van der Waals surface area contributed by atoms with Crippen molar-refractivity contribution in [1.29, 1.82) is 0 Å². The Morgan fingerprint density at radius 1 is 1.45 bits per heavy atom. The van der Waals surface area contributed by atoms with Gasteiger partial charge in [0.1, 0.15) is 5.15 Å². The quantitative estimate of drug-likeness (QED) is 0.930. The van der Waals surface area contributed by atoms with Crippen LogP contribution in [0, 0.1) is 6.92 Å². The summed E-state index contributed by atoms with van der Waals surface area (Å²) in [6.07, 6.45) is 0. The van der Waals surface area contributed by atoms with Gasteiger partial charge in [-0.15, -0.1) is 5.10 Å². The molecule has 0 aliphatic rings. The summed E-state index contributed by atoms with van der Waals surface area (Å²) in [6.45, 7) is 6.01. The summed E-state index contributed by atoms with van der Waals surface area (Å²) in [4.78, 5) is 11.2. The summed E-state index contributed by atoms with van der Waals surface area (Å²) in [7, 11) is 1.76. The van der Waals surface area contributed by atoms with Gasteiger partial charge in [0, 0.05) is 12.6 Å². The van der Waals surface area contributed by atoms with Crippen molar-refractivity contribution in [2.24, 2.45) is 7.05 Å². The highest BCUT2D eigenvalue weighted by molar-refractivity contribution is 6.30. The second kappa shape index (κ2) is 5.24. The fourth-order valence-corrected chi connectivity index (χ4v) is 2.40. The highest BCUT2D eigenvalue weighted by Crippen LogP contribution is 2.23. The SMILES string of the molecule is Cc1nn(C)c(Cl)c1Cn1nnc(C(=O)O)c1C(C)C. The normalized spacial score (nSPS) is 11.3. The first kappa shape index (κ1) is 14.5. The smallest absolute Gasteiger partial charge is 0.358 e. The Hall–Kier alpha value is -1.89. The molecule has 0 amide bonds. The van der Waals surface area contributed by atoms with Crippen molar-refractivity contribution in [3.8, 4) is 0 Å². The average Bonchev–Trinajstić information content (AvgIpc) is 2.87. The van der Waals surface area contributed by atoms with Gasteiger partial charge in [0.15, 0.2) is 5.69 Å². The molecule has 0 atom stereocenters. The molecule has 2 aromatic heterocycles. The van der Waals surface area contributed by atoms with Gasteiger partial charge < -0.3 is 5.11 Å². The standard InChI is InChI=1S/C12H16ClN5O2/c1-6(2)10-9(12(19)20)14-16-18(10)5-8-7(3)15-17(4)11(8)13/h6H,5H2,1-4H3,(H,19,20). The average molecular weight is 298 g/mol. The first-order valence-electron chi connectivity index (χ1n) is 6.17. The molecule has 0 aromatic carbocycles. The van der Waals surface area contributed by atoms with E-state index in [1.165, 1.54) is 0 Å². The van der Waals surface area contributed by atoms with Crippen LogP contribution in [0.25, 0.3) is 0 Å². The maximum absolute atomic E-state index is 11.2. The van der Waals surface area contributed by atoms with E-state index in [0.29, 0.717) is 17.4 Å². The number of carboxylic acids is 1. The molecule has 8 heteroatoms. The zero-order valence-electron chi connectivity index (χ0n) is 11.8. The number of hydrogen-bond acceptors (Lipinski definition) is 4. The van der Waals surface area contributed by atoms with E-state index >= 15 is 0 Å². The fraction of sp³-hybridized carbons (Fsp3) is 0.500. The number of aromatic nitrogens is 5. The third-order valence-corrected chi connectivity index (χ3v) is 3.57. The van der Waals surface area contributed by atoms with Crippen LogP contribution in [0.1, 0.15) is 47.2 Å². The molecule has 7 nitrogen and oxygen atoms in total. The van der Waals surface area contributed by atoms with E-state index in [-0.39, 0.29) is 11.6 Å². The Balaban J connectivity index is 2.46. The Morgan fingerprint density at radius 3 is 2.55 bits per heavy atom. The second-order valence-corrected chi connectivity index (χ2v) is 5.28. The van der Waals surface area contributed by atoms with E-state index in [1.54, 1.807) is 16.4 Å². The highest BCUT2D eigenvalue weighted by Gasteiger charge is 2.23. The van der Waals surface area contributed by atoms with Crippen LogP contribution in [0.3, 0.4) is 0 Å². The zero-order chi connectivity index (χ0) is 15.0. The maximum atomic E-state index is 11.2. The summed E-state index contributed by atoms with van der Waals surface area (Å²) < 4.78 is 3.15. The highest BCUT2D eigenvalue weighted by atomic mass is 35.5. The van der Waals surface area contributed by atoms with Gasteiger partial charge in [-0.1, -0.05) is 30.7 Å². The molecule has 0 aliphatic carbocycles. The van der Waals surface area contributed by atoms with E-state index in [9.17, 15) is 4.79 Å². The predicted molar refractivity (Wildman–Crippen MR) is 73.1 cm³/mol. The molecule has 1 N–H and O–H groups in total. The first-order valence-corrected chi connectivity index (χ1v) is 6.55. The number of carbonyl (C=O) groups is 1. The van der Waals surface area contributed by atoms with Crippen molar-refractivity contribution in [1.82, 2.24) is 24.8 Å². The van der Waals surface area contributed by atoms with Crippen LogP contribution in [0.4, 0.5) is 0 Å². The van der Waals surface area contributed by atoms with Crippen molar-refractivity contribution in [3.05, 3.63) is 27.8 Å². The van der Waals surface area contributed by atoms with Crippen LogP contribution in [0.5, 0.6) is 0 Å². The minimum Gasteiger partial charge on any atom is -0.476 e. The fourth-order valence-electron chi connectivity index (χ4n) is 2.16. The van der Waals surface area contributed by atoms with E-state index in [0.717, 1.165) is 11.3 Å². The molecule has 0 unspecified atom stereocenters. The van der Waals surface area contributed by atoms with Crippen molar-refractivity contribution in [3.63, 3.8) is 0 Å². The van der Waals surface area contributed by atoms with Crippen LogP contribution in [-0.2, 0) is 13.6 Å². The lowest BCUT2D eigenvalue weighted by atomic mass is 10.1. The Bertz CT molecular complexity index is 659. The number of halogens is 1. The molecule has 2 aromatic rings. The van der Waals surface area contributed by atoms with Gasteiger partial charge in [-0.2, -0.15) is 5.10 Å². The Morgan fingerprint density at radius 2 is 2.10 bits per heavy atom. The molecule has 2 rings (SSSR count). The third kappa shape index (κ3) is 2.40. The van der Waals surface area contributed by atoms with Crippen LogP contribution in [0.2, 0.25) is 5.15 Å². The number of rotatable bonds is 4. The molecule has 0 radical (unpaired) electrons. The van der Waals surface area contributed by atoms with Crippen LogP contribution in [0.15, 0.2) is 0 Å². The minimum absolute atomic E-state index is 0.00754.